The van der Waals surface area contributed by atoms with Crippen molar-refractivity contribution in [3.63, 3.8) is 0 Å². The van der Waals surface area contributed by atoms with Gasteiger partial charge < -0.3 is 10.1 Å². The number of likely N-dealkylation sites (N-methyl/N-ethyl adjacent to an activating group) is 1. The standard InChI is InChI=1S/C14H27N3O/c1-7-15-12(11-9-16-17(6)10-11)13(18-8-2)14(3,4)5/h9-10,12-13,15H,7-8H2,1-6H3. The third-order valence-electron chi connectivity index (χ3n) is 3.01. The van der Waals surface area contributed by atoms with Crippen molar-refractivity contribution in [2.24, 2.45) is 12.5 Å². The van der Waals surface area contributed by atoms with E-state index in [-0.39, 0.29) is 17.6 Å². The van der Waals surface area contributed by atoms with Crippen LogP contribution in [0.2, 0.25) is 0 Å². The Bertz CT molecular complexity index is 354. The van der Waals surface area contributed by atoms with Gasteiger partial charge in [-0.1, -0.05) is 27.7 Å². The highest BCUT2D eigenvalue weighted by Crippen LogP contribution is 2.32. The van der Waals surface area contributed by atoms with Crippen LogP contribution in [0.3, 0.4) is 0 Å². The number of aryl methyl sites for hydroxylation is 1. The molecule has 0 saturated carbocycles. The van der Waals surface area contributed by atoms with E-state index in [1.165, 1.54) is 5.56 Å². The zero-order chi connectivity index (χ0) is 13.8. The van der Waals surface area contributed by atoms with Crippen LogP contribution in [0.5, 0.6) is 0 Å². The van der Waals surface area contributed by atoms with Gasteiger partial charge in [0.25, 0.3) is 0 Å². The van der Waals surface area contributed by atoms with Crippen molar-refractivity contribution < 1.29 is 4.74 Å². The average molecular weight is 253 g/mol. The molecule has 1 heterocycles. The molecule has 104 valence electrons. The fraction of sp³-hybridized carbons (Fsp3) is 0.786. The van der Waals surface area contributed by atoms with E-state index in [1.54, 1.807) is 0 Å². The van der Waals surface area contributed by atoms with Crippen LogP contribution in [0.4, 0.5) is 0 Å². The summed E-state index contributed by atoms with van der Waals surface area (Å²) in [7, 11) is 1.94. The Labute approximate surface area is 111 Å². The lowest BCUT2D eigenvalue weighted by Gasteiger charge is -2.36. The maximum absolute atomic E-state index is 5.99. The van der Waals surface area contributed by atoms with Crippen molar-refractivity contribution in [1.29, 1.82) is 0 Å². The molecule has 4 nitrogen and oxygen atoms in total. The number of nitrogens with zero attached hydrogens (tertiary/aromatic N) is 2. The lowest BCUT2D eigenvalue weighted by atomic mass is 9.82. The number of hydrogen-bond donors (Lipinski definition) is 1. The summed E-state index contributed by atoms with van der Waals surface area (Å²) in [6.07, 6.45) is 4.11. The molecule has 4 heteroatoms. The van der Waals surface area contributed by atoms with Gasteiger partial charge in [-0.2, -0.15) is 5.10 Å². The number of hydrogen-bond acceptors (Lipinski definition) is 3. The Kier molecular flexibility index (Phi) is 5.35. The Balaban J connectivity index is 3.00. The lowest BCUT2D eigenvalue weighted by molar-refractivity contribution is -0.0363. The van der Waals surface area contributed by atoms with E-state index in [0.29, 0.717) is 0 Å². The minimum Gasteiger partial charge on any atom is -0.376 e. The van der Waals surface area contributed by atoms with Gasteiger partial charge in [-0.25, -0.2) is 0 Å². The number of nitrogens with one attached hydrogen (secondary N) is 1. The monoisotopic (exact) mass is 253 g/mol. The van der Waals surface area contributed by atoms with E-state index in [0.717, 1.165) is 13.2 Å². The van der Waals surface area contributed by atoms with Gasteiger partial charge in [-0.15, -0.1) is 0 Å². The molecule has 1 rings (SSSR count). The van der Waals surface area contributed by atoms with Crippen LogP contribution in [0, 0.1) is 5.41 Å². The van der Waals surface area contributed by atoms with Gasteiger partial charge in [0.05, 0.1) is 18.3 Å². The van der Waals surface area contributed by atoms with E-state index in [2.05, 4.69) is 44.3 Å². The van der Waals surface area contributed by atoms with Gasteiger partial charge in [0.15, 0.2) is 0 Å². The highest BCUT2D eigenvalue weighted by Gasteiger charge is 2.34. The second kappa shape index (κ2) is 6.34. The molecule has 0 aliphatic carbocycles. The van der Waals surface area contributed by atoms with E-state index >= 15 is 0 Å². The van der Waals surface area contributed by atoms with E-state index < -0.39 is 0 Å². The third-order valence-corrected chi connectivity index (χ3v) is 3.01. The molecule has 0 fully saturated rings. The van der Waals surface area contributed by atoms with Crippen LogP contribution in [-0.2, 0) is 11.8 Å². The molecule has 0 spiro atoms. The molecule has 2 unspecified atom stereocenters. The largest absolute Gasteiger partial charge is 0.376 e. The maximum atomic E-state index is 5.99. The summed E-state index contributed by atoms with van der Waals surface area (Å²) >= 11 is 0. The predicted octanol–water partition coefficient (Wildman–Crippen LogP) is 2.52. The first-order chi connectivity index (χ1) is 8.40. The van der Waals surface area contributed by atoms with Crippen LogP contribution in [0.25, 0.3) is 0 Å². The molecule has 1 aromatic rings. The first kappa shape index (κ1) is 15.2. The average Bonchev–Trinajstić information content (AvgIpc) is 2.68. The summed E-state index contributed by atoms with van der Waals surface area (Å²) in [5.41, 5.74) is 1.27. The molecular formula is C14H27N3O. The minimum absolute atomic E-state index is 0.0820. The van der Waals surface area contributed by atoms with Crippen molar-refractivity contribution in [2.45, 2.75) is 46.8 Å². The topological polar surface area (TPSA) is 39.1 Å². The quantitative estimate of drug-likeness (QED) is 0.846. The van der Waals surface area contributed by atoms with Gasteiger partial charge in [0, 0.05) is 25.4 Å². The summed E-state index contributed by atoms with van der Waals surface area (Å²) in [5, 5.41) is 7.79. The van der Waals surface area contributed by atoms with Crippen molar-refractivity contribution >= 4 is 0 Å². The zero-order valence-corrected chi connectivity index (χ0v) is 12.5. The second-order valence-electron chi connectivity index (χ2n) is 5.72. The Hall–Kier alpha value is -0.870. The number of rotatable bonds is 6. The Morgan fingerprint density at radius 3 is 2.44 bits per heavy atom. The van der Waals surface area contributed by atoms with Crippen LogP contribution in [0.15, 0.2) is 12.4 Å². The smallest absolute Gasteiger partial charge is 0.0818 e. The summed E-state index contributed by atoms with van der Waals surface area (Å²) < 4.78 is 7.82. The Morgan fingerprint density at radius 1 is 1.39 bits per heavy atom. The van der Waals surface area contributed by atoms with E-state index in [9.17, 15) is 0 Å². The van der Waals surface area contributed by atoms with Gasteiger partial charge in [0.2, 0.25) is 0 Å². The maximum Gasteiger partial charge on any atom is 0.0818 e. The molecule has 0 radical (unpaired) electrons. The second-order valence-corrected chi connectivity index (χ2v) is 5.72. The van der Waals surface area contributed by atoms with Gasteiger partial charge in [-0.3, -0.25) is 4.68 Å². The fourth-order valence-electron chi connectivity index (χ4n) is 2.25. The van der Waals surface area contributed by atoms with Crippen molar-refractivity contribution in [1.82, 2.24) is 15.1 Å². The molecule has 0 amide bonds. The molecule has 2 atom stereocenters. The molecule has 0 saturated heterocycles. The minimum atomic E-state index is 0.0820. The third kappa shape index (κ3) is 3.82. The molecule has 1 N–H and O–H groups in total. The molecular weight excluding hydrogens is 226 g/mol. The summed E-state index contributed by atoms with van der Waals surface area (Å²) in [6, 6.07) is 0.184. The molecule has 0 aliphatic rings. The van der Waals surface area contributed by atoms with E-state index in [1.807, 2.05) is 24.9 Å². The summed E-state index contributed by atoms with van der Waals surface area (Å²) in [6.45, 7) is 12.5. The van der Waals surface area contributed by atoms with Gasteiger partial charge in [-0.05, 0) is 18.9 Å². The zero-order valence-electron chi connectivity index (χ0n) is 12.5. The van der Waals surface area contributed by atoms with Gasteiger partial charge >= 0.3 is 0 Å². The molecule has 0 bridgehead atoms. The summed E-state index contributed by atoms with van der Waals surface area (Å²) in [5.74, 6) is 0. The van der Waals surface area contributed by atoms with Crippen LogP contribution >= 0.6 is 0 Å². The predicted molar refractivity (Wildman–Crippen MR) is 74.5 cm³/mol. The van der Waals surface area contributed by atoms with E-state index in [4.69, 9.17) is 4.74 Å². The number of ether oxygens (including phenoxy) is 1. The molecule has 0 aliphatic heterocycles. The number of aromatic nitrogens is 2. The van der Waals surface area contributed by atoms with Crippen molar-refractivity contribution in [2.75, 3.05) is 13.2 Å². The van der Waals surface area contributed by atoms with Gasteiger partial charge in [0.1, 0.15) is 0 Å². The SMILES string of the molecule is CCNC(c1cnn(C)c1)C(OCC)C(C)(C)C. The Morgan fingerprint density at radius 2 is 2.06 bits per heavy atom. The first-order valence-corrected chi connectivity index (χ1v) is 6.73. The normalized spacial score (nSPS) is 15.7. The highest BCUT2D eigenvalue weighted by atomic mass is 16.5. The lowest BCUT2D eigenvalue weighted by Crippen LogP contribution is -2.42. The summed E-state index contributed by atoms with van der Waals surface area (Å²) in [4.78, 5) is 0. The highest BCUT2D eigenvalue weighted by molar-refractivity contribution is 5.13. The van der Waals surface area contributed by atoms with Crippen molar-refractivity contribution in [3.05, 3.63) is 18.0 Å². The fourth-order valence-corrected chi connectivity index (χ4v) is 2.25. The van der Waals surface area contributed by atoms with Crippen LogP contribution < -0.4 is 5.32 Å². The molecule has 0 aromatic carbocycles. The molecule has 18 heavy (non-hydrogen) atoms. The van der Waals surface area contributed by atoms with Crippen molar-refractivity contribution in [3.8, 4) is 0 Å². The first-order valence-electron chi connectivity index (χ1n) is 6.73. The molecule has 1 aromatic heterocycles. The van der Waals surface area contributed by atoms with Crippen LogP contribution in [-0.4, -0.2) is 29.0 Å². The van der Waals surface area contributed by atoms with Crippen LogP contribution in [0.1, 0.15) is 46.2 Å².